The van der Waals surface area contributed by atoms with Crippen molar-refractivity contribution >= 4 is 10.8 Å². The van der Waals surface area contributed by atoms with Gasteiger partial charge in [-0.25, -0.2) is 0 Å². The predicted octanol–water partition coefficient (Wildman–Crippen LogP) is 3.41. The smallest absolute Gasteiger partial charge is 0.123 e. The molecule has 114 valence electrons. The Morgan fingerprint density at radius 1 is 1.35 bits per heavy atom. The van der Waals surface area contributed by atoms with E-state index in [0.29, 0.717) is 5.75 Å². The molecule has 0 amide bonds. The van der Waals surface area contributed by atoms with Crippen LogP contribution in [0.5, 0.6) is 5.75 Å². The van der Waals surface area contributed by atoms with Crippen LogP contribution in [0.4, 0.5) is 0 Å². The number of ether oxygens (including phenoxy) is 1. The Labute approximate surface area is 125 Å². The van der Waals surface area contributed by atoms with Crippen LogP contribution in [0, 0.1) is 0 Å². The Morgan fingerprint density at radius 3 is 2.70 bits per heavy atom. The lowest BCUT2D eigenvalue weighted by Crippen LogP contribution is -2.13. The van der Waals surface area contributed by atoms with Gasteiger partial charge in [-0.05, 0) is 38.1 Å². The summed E-state index contributed by atoms with van der Waals surface area (Å²) in [4.78, 5) is 0. The first-order valence-corrected chi connectivity index (χ1v) is 8.80. The average Bonchev–Trinajstić information content (AvgIpc) is 2.46. The Kier molecular flexibility index (Phi) is 7.85. The van der Waals surface area contributed by atoms with Crippen LogP contribution in [0.15, 0.2) is 18.2 Å². The van der Waals surface area contributed by atoms with Crippen molar-refractivity contribution in [1.82, 2.24) is 5.32 Å². The zero-order valence-corrected chi connectivity index (χ0v) is 13.9. The highest BCUT2D eigenvalue weighted by Crippen LogP contribution is 2.24. The Balaban J connectivity index is 2.77. The fourth-order valence-electron chi connectivity index (χ4n) is 2.11. The molecule has 0 aliphatic rings. The van der Waals surface area contributed by atoms with Gasteiger partial charge in [-0.15, -0.1) is 0 Å². The van der Waals surface area contributed by atoms with Gasteiger partial charge in [-0.3, -0.25) is 4.21 Å². The third kappa shape index (κ3) is 5.25. The monoisotopic (exact) mass is 297 g/mol. The lowest BCUT2D eigenvalue weighted by Gasteiger charge is -2.15. The molecule has 0 aromatic heterocycles. The molecule has 4 heteroatoms. The van der Waals surface area contributed by atoms with Crippen molar-refractivity contribution in [3.8, 4) is 5.75 Å². The average molecular weight is 297 g/mol. The first-order valence-electron chi connectivity index (χ1n) is 7.31. The summed E-state index contributed by atoms with van der Waals surface area (Å²) in [7, 11) is 2.80. The van der Waals surface area contributed by atoms with E-state index in [0.717, 1.165) is 36.3 Å². The summed E-state index contributed by atoms with van der Waals surface area (Å²) < 4.78 is 17.5. The van der Waals surface area contributed by atoms with Crippen molar-refractivity contribution in [1.29, 1.82) is 0 Å². The topological polar surface area (TPSA) is 38.3 Å². The van der Waals surface area contributed by atoms with Gasteiger partial charge in [0.2, 0.25) is 0 Å². The van der Waals surface area contributed by atoms with E-state index in [4.69, 9.17) is 4.74 Å². The Bertz CT molecular complexity index is 434. The number of hydrogen-bond donors (Lipinski definition) is 1. The molecule has 0 saturated heterocycles. The highest BCUT2D eigenvalue weighted by molar-refractivity contribution is 7.84. The normalized spacial score (nSPS) is 14.0. The molecule has 1 aromatic carbocycles. The molecule has 0 heterocycles. The second-order valence-electron chi connectivity index (χ2n) is 5.08. The lowest BCUT2D eigenvalue weighted by molar-refractivity contribution is 0.411. The molecule has 0 aliphatic heterocycles. The summed E-state index contributed by atoms with van der Waals surface area (Å²) in [6.07, 6.45) is 3.35. The van der Waals surface area contributed by atoms with E-state index in [1.807, 2.05) is 13.1 Å². The van der Waals surface area contributed by atoms with Crippen molar-refractivity contribution in [3.05, 3.63) is 29.3 Å². The largest absolute Gasteiger partial charge is 0.496 e. The second kappa shape index (κ2) is 9.14. The van der Waals surface area contributed by atoms with Gasteiger partial charge >= 0.3 is 0 Å². The summed E-state index contributed by atoms with van der Waals surface area (Å²) >= 11 is 0. The molecule has 0 radical (unpaired) electrons. The van der Waals surface area contributed by atoms with Crippen LogP contribution in [-0.2, 0) is 16.6 Å². The van der Waals surface area contributed by atoms with Gasteiger partial charge in [-0.1, -0.05) is 25.8 Å². The summed E-state index contributed by atoms with van der Waals surface area (Å²) in [6.45, 7) is 4.28. The van der Waals surface area contributed by atoms with Crippen LogP contribution in [0.25, 0.3) is 0 Å². The molecule has 2 atom stereocenters. The molecule has 0 saturated carbocycles. The number of hydrogen-bond acceptors (Lipinski definition) is 3. The van der Waals surface area contributed by atoms with Crippen molar-refractivity contribution in [2.24, 2.45) is 0 Å². The molecular weight excluding hydrogens is 270 g/mol. The summed E-state index contributed by atoms with van der Waals surface area (Å²) in [5.74, 6) is 2.20. The number of unbranched alkanes of at least 4 members (excludes halogenated alkanes) is 2. The molecule has 3 nitrogen and oxygen atoms in total. The van der Waals surface area contributed by atoms with Crippen LogP contribution in [0.2, 0.25) is 0 Å². The van der Waals surface area contributed by atoms with Crippen molar-refractivity contribution in [3.63, 3.8) is 0 Å². The fraction of sp³-hybridized carbons (Fsp3) is 0.625. The highest BCUT2D eigenvalue weighted by Gasteiger charge is 2.11. The van der Waals surface area contributed by atoms with E-state index in [1.165, 1.54) is 5.56 Å². The minimum absolute atomic E-state index is 0.285. The second-order valence-corrected chi connectivity index (χ2v) is 6.65. The van der Waals surface area contributed by atoms with Crippen LogP contribution in [-0.4, -0.2) is 24.1 Å². The summed E-state index contributed by atoms with van der Waals surface area (Å²) in [6, 6.07) is 6.43. The fourth-order valence-corrected chi connectivity index (χ4v) is 3.35. The van der Waals surface area contributed by atoms with Gasteiger partial charge in [0.05, 0.1) is 12.9 Å². The van der Waals surface area contributed by atoms with E-state index in [9.17, 15) is 4.21 Å². The number of rotatable bonds is 9. The maximum atomic E-state index is 12.1. The van der Waals surface area contributed by atoms with Gasteiger partial charge in [0.25, 0.3) is 0 Å². The van der Waals surface area contributed by atoms with Crippen molar-refractivity contribution in [2.45, 2.75) is 44.9 Å². The van der Waals surface area contributed by atoms with Gasteiger partial charge in [0, 0.05) is 28.2 Å². The standard InChI is InChI=1S/C16H27NO2S/c1-5-6-7-10-20(18)12-15-11-14(13(2)17-3)8-9-16(15)19-4/h8-9,11,13,17H,5-7,10,12H2,1-4H3. The third-order valence-corrected chi connectivity index (χ3v) is 4.91. The number of methoxy groups -OCH3 is 1. The van der Waals surface area contributed by atoms with Gasteiger partial charge in [0.15, 0.2) is 0 Å². The van der Waals surface area contributed by atoms with Crippen LogP contribution in [0.3, 0.4) is 0 Å². The summed E-state index contributed by atoms with van der Waals surface area (Å²) in [5.41, 5.74) is 2.25. The van der Waals surface area contributed by atoms with Gasteiger partial charge in [0.1, 0.15) is 5.75 Å². The zero-order chi connectivity index (χ0) is 15.0. The minimum Gasteiger partial charge on any atom is -0.496 e. The quantitative estimate of drug-likeness (QED) is 0.710. The SMILES string of the molecule is CCCCCS(=O)Cc1cc(C(C)NC)ccc1OC. The molecule has 0 spiro atoms. The first kappa shape index (κ1) is 17.2. The lowest BCUT2D eigenvalue weighted by atomic mass is 10.1. The zero-order valence-electron chi connectivity index (χ0n) is 13.1. The van der Waals surface area contributed by atoms with Crippen LogP contribution >= 0.6 is 0 Å². The van der Waals surface area contributed by atoms with E-state index in [-0.39, 0.29) is 6.04 Å². The predicted molar refractivity (Wildman–Crippen MR) is 86.7 cm³/mol. The highest BCUT2D eigenvalue weighted by atomic mass is 32.2. The molecule has 1 N–H and O–H groups in total. The molecule has 2 unspecified atom stereocenters. The van der Waals surface area contributed by atoms with Crippen LogP contribution < -0.4 is 10.1 Å². The van der Waals surface area contributed by atoms with E-state index < -0.39 is 10.8 Å². The minimum atomic E-state index is -0.808. The third-order valence-electron chi connectivity index (χ3n) is 3.53. The van der Waals surface area contributed by atoms with Crippen molar-refractivity contribution in [2.75, 3.05) is 19.9 Å². The number of benzene rings is 1. The van der Waals surface area contributed by atoms with Gasteiger partial charge in [-0.2, -0.15) is 0 Å². The van der Waals surface area contributed by atoms with E-state index >= 15 is 0 Å². The molecule has 1 aromatic rings. The van der Waals surface area contributed by atoms with Crippen LogP contribution in [0.1, 0.15) is 50.3 Å². The van der Waals surface area contributed by atoms with Crippen molar-refractivity contribution < 1.29 is 8.95 Å². The van der Waals surface area contributed by atoms with E-state index in [2.05, 4.69) is 31.3 Å². The molecular formula is C16H27NO2S. The first-order chi connectivity index (χ1) is 9.62. The molecule has 0 bridgehead atoms. The Hall–Kier alpha value is -0.870. The summed E-state index contributed by atoms with van der Waals surface area (Å²) in [5, 5.41) is 3.22. The number of nitrogens with one attached hydrogen (secondary N) is 1. The molecule has 20 heavy (non-hydrogen) atoms. The van der Waals surface area contributed by atoms with E-state index in [1.54, 1.807) is 7.11 Å². The Morgan fingerprint density at radius 2 is 2.10 bits per heavy atom. The maximum absolute atomic E-state index is 12.1. The molecule has 0 aliphatic carbocycles. The van der Waals surface area contributed by atoms with Gasteiger partial charge < -0.3 is 10.1 Å². The maximum Gasteiger partial charge on any atom is 0.123 e. The molecule has 1 rings (SSSR count). The molecule has 0 fully saturated rings.